The van der Waals surface area contributed by atoms with Crippen molar-refractivity contribution in [2.45, 2.75) is 52.8 Å². The van der Waals surface area contributed by atoms with Crippen LogP contribution in [0.2, 0.25) is 0 Å². The van der Waals surface area contributed by atoms with Crippen LogP contribution in [0, 0.1) is 12.8 Å². The Hall–Kier alpha value is -3.29. The Balaban J connectivity index is 1.66. The Kier molecular flexibility index (Phi) is 8.95. The maximum atomic E-state index is 12.9. The van der Waals surface area contributed by atoms with Gasteiger partial charge in [-0.25, -0.2) is 4.98 Å². The molecule has 0 bridgehead atoms. The zero-order valence-electron chi connectivity index (χ0n) is 20.3. The number of alkyl halides is 3. The lowest BCUT2D eigenvalue weighted by Crippen LogP contribution is -2.11. The zero-order chi connectivity index (χ0) is 25.4. The van der Waals surface area contributed by atoms with Crippen molar-refractivity contribution >= 4 is 5.97 Å². The van der Waals surface area contributed by atoms with Crippen molar-refractivity contribution in [3.05, 3.63) is 71.5 Å². The van der Waals surface area contributed by atoms with Gasteiger partial charge >= 0.3 is 12.1 Å². The van der Waals surface area contributed by atoms with Gasteiger partial charge in [-0.05, 0) is 50.8 Å². The molecule has 0 saturated carbocycles. The number of rotatable bonds is 11. The number of hydrogen-bond donors (Lipinski definition) is 0. The molecule has 0 saturated heterocycles. The molecule has 0 N–H and O–H groups in total. The molecule has 8 heteroatoms. The predicted molar refractivity (Wildman–Crippen MR) is 128 cm³/mol. The molecular weight excluding hydrogens is 457 g/mol. The molecule has 3 rings (SSSR count). The van der Waals surface area contributed by atoms with Crippen LogP contribution < -0.4 is 4.74 Å². The molecule has 0 aliphatic carbocycles. The first-order valence-corrected chi connectivity index (χ1v) is 11.7. The number of ether oxygens (including phenoxy) is 2. The Labute approximate surface area is 203 Å². The molecule has 0 radical (unpaired) electrons. The van der Waals surface area contributed by atoms with Gasteiger partial charge in [-0.1, -0.05) is 37.3 Å². The van der Waals surface area contributed by atoms with Crippen molar-refractivity contribution in [1.82, 2.24) is 9.55 Å². The molecule has 0 fully saturated rings. The lowest BCUT2D eigenvalue weighted by atomic mass is 10.0. The Morgan fingerprint density at radius 1 is 1.11 bits per heavy atom. The van der Waals surface area contributed by atoms with Crippen LogP contribution in [-0.4, -0.2) is 28.7 Å². The minimum absolute atomic E-state index is 0.175. The van der Waals surface area contributed by atoms with E-state index in [0.717, 1.165) is 42.0 Å². The predicted octanol–water partition coefficient (Wildman–Crippen LogP) is 6.67. The third kappa shape index (κ3) is 7.34. The molecular formula is C27H31F3N2O3. The standard InChI is InChI=1S/C27H31F3N2O3/c1-4-34-25(33)16-19(2)8-7-15-35-24-10-6-5-9-22(24)18-32-20(3)17-31-26(32)21-11-13-23(14-12-21)27(28,29)30/h5-6,9-14,17,19H,4,7-8,15-16,18H2,1-3H3/t19-/m0/s1. The summed E-state index contributed by atoms with van der Waals surface area (Å²) < 4.78 is 51.8. The van der Waals surface area contributed by atoms with Crippen LogP contribution in [0.1, 0.15) is 49.9 Å². The molecule has 0 amide bonds. The highest BCUT2D eigenvalue weighted by atomic mass is 19.4. The summed E-state index contributed by atoms with van der Waals surface area (Å²) >= 11 is 0. The lowest BCUT2D eigenvalue weighted by molar-refractivity contribution is -0.144. The first kappa shape index (κ1) is 26.3. The Morgan fingerprint density at radius 3 is 2.51 bits per heavy atom. The first-order chi connectivity index (χ1) is 16.7. The topological polar surface area (TPSA) is 53.4 Å². The van der Waals surface area contributed by atoms with Crippen molar-refractivity contribution < 1.29 is 27.4 Å². The fourth-order valence-corrected chi connectivity index (χ4v) is 3.87. The van der Waals surface area contributed by atoms with Crippen molar-refractivity contribution in [2.75, 3.05) is 13.2 Å². The van der Waals surface area contributed by atoms with E-state index in [1.807, 2.05) is 42.7 Å². The molecule has 2 aromatic carbocycles. The SMILES string of the molecule is CCOC(=O)C[C@@H](C)CCCOc1ccccc1Cn1c(C)cnc1-c1ccc(C(F)(F)F)cc1. The van der Waals surface area contributed by atoms with Gasteiger partial charge in [0.15, 0.2) is 0 Å². The molecule has 1 aromatic heterocycles. The van der Waals surface area contributed by atoms with E-state index in [9.17, 15) is 18.0 Å². The average molecular weight is 489 g/mol. The normalized spacial score (nSPS) is 12.4. The number of halogens is 3. The van der Waals surface area contributed by atoms with Gasteiger partial charge < -0.3 is 14.0 Å². The molecule has 5 nitrogen and oxygen atoms in total. The number of aryl methyl sites for hydroxylation is 1. The van der Waals surface area contributed by atoms with Crippen LogP contribution in [0.15, 0.2) is 54.7 Å². The molecule has 3 aromatic rings. The second-order valence-corrected chi connectivity index (χ2v) is 8.60. The van der Waals surface area contributed by atoms with Crippen LogP contribution in [0.3, 0.4) is 0 Å². The van der Waals surface area contributed by atoms with E-state index in [1.165, 1.54) is 12.1 Å². The lowest BCUT2D eigenvalue weighted by Gasteiger charge is -2.16. The fraction of sp³-hybridized carbons (Fsp3) is 0.407. The summed E-state index contributed by atoms with van der Waals surface area (Å²) in [7, 11) is 0. The van der Waals surface area contributed by atoms with E-state index >= 15 is 0 Å². The van der Waals surface area contributed by atoms with Crippen molar-refractivity contribution in [3.8, 4) is 17.1 Å². The highest BCUT2D eigenvalue weighted by molar-refractivity contribution is 5.69. The van der Waals surface area contributed by atoms with Crippen molar-refractivity contribution in [2.24, 2.45) is 5.92 Å². The number of aromatic nitrogens is 2. The minimum atomic E-state index is -4.38. The van der Waals surface area contributed by atoms with Gasteiger partial charge in [-0.3, -0.25) is 4.79 Å². The summed E-state index contributed by atoms with van der Waals surface area (Å²) in [4.78, 5) is 16.0. The molecule has 1 heterocycles. The highest BCUT2D eigenvalue weighted by Crippen LogP contribution is 2.31. The molecule has 0 spiro atoms. The first-order valence-electron chi connectivity index (χ1n) is 11.7. The number of nitrogens with zero attached hydrogens (tertiary/aromatic N) is 2. The van der Waals surface area contributed by atoms with Gasteiger partial charge in [0.2, 0.25) is 0 Å². The van der Waals surface area contributed by atoms with Crippen LogP contribution >= 0.6 is 0 Å². The van der Waals surface area contributed by atoms with Gasteiger partial charge in [0.1, 0.15) is 11.6 Å². The maximum Gasteiger partial charge on any atom is 0.416 e. The quantitative estimate of drug-likeness (QED) is 0.223. The van der Waals surface area contributed by atoms with E-state index in [0.29, 0.717) is 37.6 Å². The summed E-state index contributed by atoms with van der Waals surface area (Å²) in [5, 5.41) is 0. The Bertz CT molecular complexity index is 1110. The van der Waals surface area contributed by atoms with Crippen LogP contribution in [0.5, 0.6) is 5.75 Å². The van der Waals surface area contributed by atoms with E-state index in [1.54, 1.807) is 13.1 Å². The van der Waals surface area contributed by atoms with Gasteiger partial charge in [0.05, 0.1) is 25.3 Å². The second kappa shape index (κ2) is 11.9. The van der Waals surface area contributed by atoms with Crippen LogP contribution in [0.25, 0.3) is 11.4 Å². The van der Waals surface area contributed by atoms with Crippen molar-refractivity contribution in [3.63, 3.8) is 0 Å². The van der Waals surface area contributed by atoms with E-state index in [4.69, 9.17) is 9.47 Å². The van der Waals surface area contributed by atoms with Gasteiger partial charge in [0.25, 0.3) is 0 Å². The molecule has 35 heavy (non-hydrogen) atoms. The number of imidazole rings is 1. The molecule has 0 aliphatic heterocycles. The number of hydrogen-bond acceptors (Lipinski definition) is 4. The molecule has 1 atom stereocenters. The number of benzene rings is 2. The minimum Gasteiger partial charge on any atom is -0.493 e. The largest absolute Gasteiger partial charge is 0.493 e. The van der Waals surface area contributed by atoms with Gasteiger partial charge in [-0.2, -0.15) is 13.2 Å². The molecule has 0 aliphatic rings. The smallest absolute Gasteiger partial charge is 0.416 e. The zero-order valence-corrected chi connectivity index (χ0v) is 20.3. The van der Waals surface area contributed by atoms with Gasteiger partial charge in [0, 0.05) is 29.4 Å². The highest BCUT2D eigenvalue weighted by Gasteiger charge is 2.30. The van der Waals surface area contributed by atoms with Crippen LogP contribution in [-0.2, 0) is 22.3 Å². The maximum absolute atomic E-state index is 12.9. The number of carbonyl (C=O) groups excluding carboxylic acids is 1. The number of para-hydroxylation sites is 1. The van der Waals surface area contributed by atoms with E-state index < -0.39 is 11.7 Å². The summed E-state index contributed by atoms with van der Waals surface area (Å²) in [5.41, 5.74) is 1.76. The third-order valence-electron chi connectivity index (χ3n) is 5.75. The van der Waals surface area contributed by atoms with E-state index in [2.05, 4.69) is 4.98 Å². The summed E-state index contributed by atoms with van der Waals surface area (Å²) in [6, 6.07) is 12.7. The Morgan fingerprint density at radius 2 is 1.83 bits per heavy atom. The molecule has 0 unspecified atom stereocenters. The summed E-state index contributed by atoms with van der Waals surface area (Å²) in [5.74, 6) is 1.38. The number of esters is 1. The average Bonchev–Trinajstić information content (AvgIpc) is 3.17. The fourth-order valence-electron chi connectivity index (χ4n) is 3.87. The monoisotopic (exact) mass is 488 g/mol. The summed E-state index contributed by atoms with van der Waals surface area (Å²) in [6.45, 7) is 7.11. The number of carbonyl (C=O) groups is 1. The van der Waals surface area contributed by atoms with Crippen LogP contribution in [0.4, 0.5) is 13.2 Å². The van der Waals surface area contributed by atoms with Gasteiger partial charge in [-0.15, -0.1) is 0 Å². The van der Waals surface area contributed by atoms with Crippen molar-refractivity contribution in [1.29, 1.82) is 0 Å². The summed E-state index contributed by atoms with van der Waals surface area (Å²) in [6.07, 6.45) is -0.620. The third-order valence-corrected chi connectivity index (χ3v) is 5.75. The second-order valence-electron chi connectivity index (χ2n) is 8.60. The van der Waals surface area contributed by atoms with E-state index in [-0.39, 0.29) is 11.9 Å². The molecule has 188 valence electrons.